The molecule has 0 bridgehead atoms. The van der Waals surface area contributed by atoms with Crippen molar-refractivity contribution in [2.45, 2.75) is 13.1 Å². The van der Waals surface area contributed by atoms with Crippen LogP contribution in [0.1, 0.15) is 12.5 Å². The van der Waals surface area contributed by atoms with Crippen molar-refractivity contribution < 1.29 is 18.0 Å². The zero-order chi connectivity index (χ0) is 13.9. The lowest BCUT2D eigenvalue weighted by atomic mass is 10.1. The Balaban J connectivity index is 2.85. The van der Waals surface area contributed by atoms with Crippen LogP contribution in [0.25, 0.3) is 0 Å². The van der Waals surface area contributed by atoms with Gasteiger partial charge in [0.15, 0.2) is 0 Å². The van der Waals surface area contributed by atoms with E-state index in [1.165, 1.54) is 6.07 Å². The van der Waals surface area contributed by atoms with E-state index in [4.69, 9.17) is 5.73 Å². The number of primary amides is 1. The number of alkyl halides is 3. The summed E-state index contributed by atoms with van der Waals surface area (Å²) >= 11 is 3.14. The Hall–Kier alpha value is -1.24. The molecule has 7 heteroatoms. The fourth-order valence-corrected chi connectivity index (χ4v) is 1.59. The Bertz CT molecular complexity index is 448. The maximum atomic E-state index is 12.5. The highest BCUT2D eigenvalue weighted by molar-refractivity contribution is 9.10. The van der Waals surface area contributed by atoms with Crippen LogP contribution in [0.4, 0.5) is 18.9 Å². The fourth-order valence-electron chi connectivity index (χ4n) is 1.20. The van der Waals surface area contributed by atoms with Crippen LogP contribution >= 0.6 is 15.9 Å². The average Bonchev–Trinajstić information content (AvgIpc) is 2.25. The van der Waals surface area contributed by atoms with Crippen molar-refractivity contribution in [1.82, 2.24) is 0 Å². The molecule has 0 aliphatic carbocycles. The molecule has 18 heavy (non-hydrogen) atoms. The molecule has 0 heterocycles. The van der Waals surface area contributed by atoms with Crippen LogP contribution < -0.4 is 11.1 Å². The van der Waals surface area contributed by atoms with Crippen LogP contribution in [0, 0.1) is 5.92 Å². The van der Waals surface area contributed by atoms with Gasteiger partial charge in [0, 0.05) is 16.7 Å². The predicted octanol–water partition coefficient (Wildman–Crippen LogP) is 3.00. The number of rotatable bonds is 4. The van der Waals surface area contributed by atoms with Crippen LogP contribution in [0.3, 0.4) is 0 Å². The Morgan fingerprint density at radius 3 is 2.61 bits per heavy atom. The molecule has 1 atom stereocenters. The Labute approximate surface area is 111 Å². The van der Waals surface area contributed by atoms with Crippen LogP contribution in [-0.2, 0) is 11.0 Å². The molecule has 1 aromatic carbocycles. The van der Waals surface area contributed by atoms with Gasteiger partial charge < -0.3 is 11.1 Å². The minimum Gasteiger partial charge on any atom is -0.383 e. The van der Waals surface area contributed by atoms with Crippen molar-refractivity contribution in [3.8, 4) is 0 Å². The maximum absolute atomic E-state index is 12.5. The van der Waals surface area contributed by atoms with Crippen LogP contribution in [-0.4, -0.2) is 12.5 Å². The first-order valence-electron chi connectivity index (χ1n) is 5.11. The number of amides is 1. The molecule has 0 saturated carbocycles. The van der Waals surface area contributed by atoms with Crippen LogP contribution in [0.2, 0.25) is 0 Å². The number of hydrogen-bond donors (Lipinski definition) is 2. The number of halogens is 4. The van der Waals surface area contributed by atoms with Crippen molar-refractivity contribution in [2.75, 3.05) is 11.9 Å². The van der Waals surface area contributed by atoms with E-state index >= 15 is 0 Å². The molecule has 0 radical (unpaired) electrons. The molecule has 1 amide bonds. The van der Waals surface area contributed by atoms with Gasteiger partial charge in [-0.1, -0.05) is 6.92 Å². The number of nitrogens with one attached hydrogen (secondary N) is 1. The molecular formula is C11H12BrF3N2O. The van der Waals surface area contributed by atoms with Crippen molar-refractivity contribution in [3.63, 3.8) is 0 Å². The van der Waals surface area contributed by atoms with Crippen LogP contribution in [0.15, 0.2) is 22.7 Å². The van der Waals surface area contributed by atoms with E-state index in [-0.39, 0.29) is 12.2 Å². The lowest BCUT2D eigenvalue weighted by molar-refractivity contribution is -0.137. The van der Waals surface area contributed by atoms with E-state index in [1.807, 2.05) is 0 Å². The molecule has 100 valence electrons. The molecular weight excluding hydrogens is 313 g/mol. The molecule has 1 rings (SSSR count). The highest BCUT2D eigenvalue weighted by atomic mass is 79.9. The largest absolute Gasteiger partial charge is 0.416 e. The summed E-state index contributed by atoms with van der Waals surface area (Å²) in [6, 6.07) is 3.27. The third-order valence-corrected chi connectivity index (χ3v) is 3.07. The number of benzene rings is 1. The number of carbonyl (C=O) groups excluding carboxylic acids is 1. The topological polar surface area (TPSA) is 55.1 Å². The van der Waals surface area contributed by atoms with Crippen LogP contribution in [0.5, 0.6) is 0 Å². The Morgan fingerprint density at radius 2 is 2.11 bits per heavy atom. The summed E-state index contributed by atoms with van der Waals surface area (Å²) in [6.45, 7) is 1.77. The summed E-state index contributed by atoms with van der Waals surface area (Å²) in [5.41, 5.74) is 4.59. The Kier molecular flexibility index (Phi) is 4.61. The van der Waals surface area contributed by atoms with E-state index in [2.05, 4.69) is 21.2 Å². The fraction of sp³-hybridized carbons (Fsp3) is 0.364. The molecule has 0 spiro atoms. The monoisotopic (exact) mass is 324 g/mol. The number of hydrogen-bond acceptors (Lipinski definition) is 2. The molecule has 3 N–H and O–H groups in total. The number of nitrogens with two attached hydrogens (primary N) is 1. The molecule has 3 nitrogen and oxygen atoms in total. The van der Waals surface area contributed by atoms with Gasteiger partial charge in [0.2, 0.25) is 5.91 Å². The molecule has 0 aliphatic heterocycles. The second-order valence-electron chi connectivity index (χ2n) is 3.88. The molecule has 0 fully saturated rings. The average molecular weight is 325 g/mol. The first-order chi connectivity index (χ1) is 8.21. The third kappa shape index (κ3) is 3.90. The van der Waals surface area contributed by atoms with E-state index in [0.717, 1.165) is 12.1 Å². The SMILES string of the molecule is CC(CNc1cc(C(F)(F)F)ccc1Br)C(N)=O. The number of anilines is 1. The first-order valence-corrected chi connectivity index (χ1v) is 5.91. The van der Waals surface area contributed by atoms with Gasteiger partial charge in [0.1, 0.15) is 0 Å². The van der Waals surface area contributed by atoms with E-state index in [1.54, 1.807) is 6.92 Å². The van der Waals surface area contributed by atoms with Crippen molar-refractivity contribution >= 4 is 27.5 Å². The smallest absolute Gasteiger partial charge is 0.383 e. The first kappa shape index (κ1) is 14.8. The van der Waals surface area contributed by atoms with Gasteiger partial charge in [-0.25, -0.2) is 0 Å². The van der Waals surface area contributed by atoms with Crippen molar-refractivity contribution in [2.24, 2.45) is 11.7 Å². The predicted molar refractivity (Wildman–Crippen MR) is 66.0 cm³/mol. The van der Waals surface area contributed by atoms with Gasteiger partial charge >= 0.3 is 6.18 Å². The maximum Gasteiger partial charge on any atom is 0.416 e. The lowest BCUT2D eigenvalue weighted by Crippen LogP contribution is -2.26. The number of carbonyl (C=O) groups is 1. The summed E-state index contributed by atoms with van der Waals surface area (Å²) in [6.07, 6.45) is -4.40. The molecule has 1 aromatic rings. The summed E-state index contributed by atoms with van der Waals surface area (Å²) in [7, 11) is 0. The quantitative estimate of drug-likeness (QED) is 0.894. The molecule has 1 unspecified atom stereocenters. The van der Waals surface area contributed by atoms with Gasteiger partial charge in [0.05, 0.1) is 11.5 Å². The second kappa shape index (κ2) is 5.60. The summed E-state index contributed by atoms with van der Waals surface area (Å²) in [4.78, 5) is 10.8. The van der Waals surface area contributed by atoms with Gasteiger partial charge in [-0.3, -0.25) is 4.79 Å². The minimum absolute atomic E-state index is 0.176. The van der Waals surface area contributed by atoms with E-state index in [0.29, 0.717) is 4.47 Å². The van der Waals surface area contributed by atoms with Crippen molar-refractivity contribution in [1.29, 1.82) is 0 Å². The van der Waals surface area contributed by atoms with Crippen molar-refractivity contribution in [3.05, 3.63) is 28.2 Å². The standard InChI is InChI=1S/C11H12BrF3N2O/c1-6(10(16)18)5-17-9-4-7(11(13,14)15)2-3-8(9)12/h2-4,6,17H,5H2,1H3,(H2,16,18). The minimum atomic E-state index is -4.40. The molecule has 0 aromatic heterocycles. The third-order valence-electron chi connectivity index (χ3n) is 2.38. The van der Waals surface area contributed by atoms with Gasteiger partial charge in [-0.15, -0.1) is 0 Å². The zero-order valence-electron chi connectivity index (χ0n) is 9.51. The highest BCUT2D eigenvalue weighted by Crippen LogP contribution is 2.33. The molecule has 0 aliphatic rings. The summed E-state index contributed by atoms with van der Waals surface area (Å²) < 4.78 is 38.0. The molecule has 0 saturated heterocycles. The summed E-state index contributed by atoms with van der Waals surface area (Å²) in [5, 5.41) is 2.76. The second-order valence-corrected chi connectivity index (χ2v) is 4.73. The normalized spacial score (nSPS) is 13.2. The van der Waals surface area contributed by atoms with E-state index < -0.39 is 23.6 Å². The zero-order valence-corrected chi connectivity index (χ0v) is 11.1. The van der Waals surface area contributed by atoms with Gasteiger partial charge in [-0.05, 0) is 34.1 Å². The van der Waals surface area contributed by atoms with Gasteiger partial charge in [0.25, 0.3) is 0 Å². The summed E-state index contributed by atoms with van der Waals surface area (Å²) in [5.74, 6) is -0.975. The Morgan fingerprint density at radius 1 is 1.50 bits per heavy atom. The highest BCUT2D eigenvalue weighted by Gasteiger charge is 2.30. The van der Waals surface area contributed by atoms with Gasteiger partial charge in [-0.2, -0.15) is 13.2 Å². The lowest BCUT2D eigenvalue weighted by Gasteiger charge is -2.14. The van der Waals surface area contributed by atoms with E-state index in [9.17, 15) is 18.0 Å².